The summed E-state index contributed by atoms with van der Waals surface area (Å²) in [6.07, 6.45) is 3.99. The molecular formula is C15H18ClN3S. The fourth-order valence-electron chi connectivity index (χ4n) is 2.79. The first kappa shape index (κ1) is 13.9. The van der Waals surface area contributed by atoms with Crippen molar-refractivity contribution >= 4 is 28.6 Å². The van der Waals surface area contributed by atoms with Crippen molar-refractivity contribution in [2.45, 2.75) is 18.9 Å². The number of nitrogens with one attached hydrogen (secondary N) is 1. The third-order valence-corrected chi connectivity index (χ3v) is 5.06. The van der Waals surface area contributed by atoms with E-state index in [0.29, 0.717) is 6.04 Å². The maximum Gasteiger partial charge on any atom is 0.0932 e. The zero-order valence-electron chi connectivity index (χ0n) is 11.5. The van der Waals surface area contributed by atoms with Gasteiger partial charge in [0.05, 0.1) is 21.8 Å². The lowest BCUT2D eigenvalue weighted by molar-refractivity contribution is 0.576. The van der Waals surface area contributed by atoms with Gasteiger partial charge in [0.25, 0.3) is 0 Å². The van der Waals surface area contributed by atoms with Crippen molar-refractivity contribution in [2.75, 3.05) is 25.0 Å². The van der Waals surface area contributed by atoms with Gasteiger partial charge in [0.2, 0.25) is 0 Å². The monoisotopic (exact) mass is 307 g/mol. The first-order valence-corrected chi connectivity index (χ1v) is 8.09. The number of rotatable bonds is 5. The summed E-state index contributed by atoms with van der Waals surface area (Å²) < 4.78 is 0.861. The molecule has 5 heteroatoms. The molecule has 1 unspecified atom stereocenters. The van der Waals surface area contributed by atoms with Crippen molar-refractivity contribution < 1.29 is 0 Å². The molecule has 0 aliphatic carbocycles. The molecule has 1 aliphatic rings. The first-order chi connectivity index (χ1) is 9.79. The molecule has 3 nitrogen and oxygen atoms in total. The molecule has 20 heavy (non-hydrogen) atoms. The molecule has 3 rings (SSSR count). The van der Waals surface area contributed by atoms with Gasteiger partial charge in [-0.05, 0) is 44.3 Å². The van der Waals surface area contributed by atoms with E-state index in [1.54, 1.807) is 11.3 Å². The zero-order valence-corrected chi connectivity index (χ0v) is 13.0. The average Bonchev–Trinajstić information content (AvgIpc) is 3.07. The predicted molar refractivity (Wildman–Crippen MR) is 85.9 cm³/mol. The Hall–Kier alpha value is -1.10. The van der Waals surface area contributed by atoms with E-state index in [4.69, 9.17) is 11.6 Å². The van der Waals surface area contributed by atoms with Gasteiger partial charge in [-0.15, -0.1) is 11.3 Å². The Morgan fingerprint density at radius 1 is 1.45 bits per heavy atom. The highest BCUT2D eigenvalue weighted by Gasteiger charge is 2.28. The molecule has 3 heterocycles. The van der Waals surface area contributed by atoms with Crippen LogP contribution in [0.25, 0.3) is 0 Å². The molecule has 106 valence electrons. The van der Waals surface area contributed by atoms with Crippen LogP contribution in [-0.4, -0.2) is 25.1 Å². The van der Waals surface area contributed by atoms with Crippen molar-refractivity contribution in [1.29, 1.82) is 0 Å². The van der Waals surface area contributed by atoms with Crippen LogP contribution in [-0.2, 0) is 6.42 Å². The van der Waals surface area contributed by atoms with E-state index in [9.17, 15) is 0 Å². The Bertz CT molecular complexity index is 584. The van der Waals surface area contributed by atoms with Gasteiger partial charge in [0, 0.05) is 24.0 Å². The number of hydrogen-bond donors (Lipinski definition) is 1. The molecule has 1 N–H and O–H groups in total. The van der Waals surface area contributed by atoms with Gasteiger partial charge in [-0.3, -0.25) is 4.98 Å². The molecule has 1 aliphatic heterocycles. The second-order valence-corrected chi connectivity index (χ2v) is 6.71. The van der Waals surface area contributed by atoms with Gasteiger partial charge in [0.1, 0.15) is 0 Å². The number of anilines is 1. The highest BCUT2D eigenvalue weighted by molar-refractivity contribution is 7.16. The van der Waals surface area contributed by atoms with Gasteiger partial charge >= 0.3 is 0 Å². The van der Waals surface area contributed by atoms with Crippen LogP contribution in [0.5, 0.6) is 0 Å². The molecule has 2 aromatic heterocycles. The van der Waals surface area contributed by atoms with E-state index in [2.05, 4.69) is 27.3 Å². The van der Waals surface area contributed by atoms with Crippen molar-refractivity contribution in [1.82, 2.24) is 10.3 Å². The minimum atomic E-state index is 0.380. The van der Waals surface area contributed by atoms with Crippen molar-refractivity contribution in [3.05, 3.63) is 45.4 Å². The second kappa shape index (κ2) is 6.12. The molecule has 0 radical (unpaired) electrons. The molecule has 0 saturated heterocycles. The lowest BCUT2D eigenvalue weighted by Gasteiger charge is -2.29. The van der Waals surface area contributed by atoms with Gasteiger partial charge in [-0.1, -0.05) is 11.6 Å². The summed E-state index contributed by atoms with van der Waals surface area (Å²) in [6, 6.07) is 8.73. The molecule has 0 aromatic carbocycles. The minimum absolute atomic E-state index is 0.380. The first-order valence-electron chi connectivity index (χ1n) is 6.90. The fraction of sp³-hybridized carbons (Fsp3) is 0.400. The Labute approximate surface area is 128 Å². The summed E-state index contributed by atoms with van der Waals surface area (Å²) in [5, 5.41) is 3.25. The lowest BCUT2D eigenvalue weighted by atomic mass is 10.1. The summed E-state index contributed by atoms with van der Waals surface area (Å²) >= 11 is 7.80. The third kappa shape index (κ3) is 2.68. The Kier molecular flexibility index (Phi) is 4.24. The Balaban J connectivity index is 1.90. The third-order valence-electron chi connectivity index (χ3n) is 3.73. The number of pyridine rings is 1. The van der Waals surface area contributed by atoms with Crippen LogP contribution in [0.3, 0.4) is 0 Å². The Morgan fingerprint density at radius 2 is 2.35 bits per heavy atom. The van der Waals surface area contributed by atoms with Crippen molar-refractivity contribution in [3.8, 4) is 0 Å². The van der Waals surface area contributed by atoms with E-state index >= 15 is 0 Å². The number of halogens is 1. The molecule has 0 saturated carbocycles. The van der Waals surface area contributed by atoms with Crippen LogP contribution >= 0.6 is 22.9 Å². The standard InChI is InChI=1S/C15H18ClN3S/c1-17-9-6-13(14-4-5-15(16)20-14)19-10-7-11-12(19)3-2-8-18-11/h2-5,8,13,17H,6-7,9-10H2,1H3. The summed E-state index contributed by atoms with van der Waals surface area (Å²) in [6.45, 7) is 2.03. The van der Waals surface area contributed by atoms with E-state index in [1.807, 2.05) is 25.4 Å². The van der Waals surface area contributed by atoms with Crippen LogP contribution in [0.1, 0.15) is 23.0 Å². The average molecular weight is 308 g/mol. The second-order valence-electron chi connectivity index (χ2n) is 4.96. The predicted octanol–water partition coefficient (Wildman–Crippen LogP) is 3.51. The summed E-state index contributed by atoms with van der Waals surface area (Å²) in [7, 11) is 2.00. The maximum atomic E-state index is 6.12. The number of aromatic nitrogens is 1. The highest BCUT2D eigenvalue weighted by Crippen LogP contribution is 2.38. The Morgan fingerprint density at radius 3 is 3.10 bits per heavy atom. The van der Waals surface area contributed by atoms with Crippen LogP contribution < -0.4 is 10.2 Å². The quantitative estimate of drug-likeness (QED) is 0.916. The minimum Gasteiger partial charge on any atom is -0.362 e. The topological polar surface area (TPSA) is 28.2 Å². The van der Waals surface area contributed by atoms with E-state index in [1.165, 1.54) is 16.3 Å². The molecule has 1 atom stereocenters. The summed E-state index contributed by atoms with van der Waals surface area (Å²) in [5.74, 6) is 0. The highest BCUT2D eigenvalue weighted by atomic mass is 35.5. The molecule has 0 fully saturated rings. The zero-order chi connectivity index (χ0) is 13.9. The fourth-order valence-corrected chi connectivity index (χ4v) is 4.00. The van der Waals surface area contributed by atoms with Crippen LogP contribution in [0.15, 0.2) is 30.5 Å². The van der Waals surface area contributed by atoms with Crippen LogP contribution in [0.2, 0.25) is 4.34 Å². The molecule has 0 spiro atoms. The van der Waals surface area contributed by atoms with E-state index in [0.717, 1.165) is 30.3 Å². The summed E-state index contributed by atoms with van der Waals surface area (Å²) in [5.41, 5.74) is 2.49. The maximum absolute atomic E-state index is 6.12. The van der Waals surface area contributed by atoms with Crippen LogP contribution in [0, 0.1) is 0 Å². The van der Waals surface area contributed by atoms with Crippen molar-refractivity contribution in [2.24, 2.45) is 0 Å². The van der Waals surface area contributed by atoms with Crippen molar-refractivity contribution in [3.63, 3.8) is 0 Å². The van der Waals surface area contributed by atoms with Gasteiger partial charge in [-0.25, -0.2) is 0 Å². The van der Waals surface area contributed by atoms with E-state index < -0.39 is 0 Å². The number of thiophene rings is 1. The van der Waals surface area contributed by atoms with Gasteiger partial charge < -0.3 is 10.2 Å². The number of fused-ring (bicyclic) bond motifs is 1. The number of nitrogens with zero attached hydrogens (tertiary/aromatic N) is 2. The molecular weight excluding hydrogens is 290 g/mol. The normalized spacial score (nSPS) is 15.4. The smallest absolute Gasteiger partial charge is 0.0932 e. The molecule has 2 aromatic rings. The SMILES string of the molecule is CNCCC(c1ccc(Cl)s1)N1CCc2ncccc21. The summed E-state index contributed by atoms with van der Waals surface area (Å²) in [4.78, 5) is 8.30. The largest absolute Gasteiger partial charge is 0.362 e. The van der Waals surface area contributed by atoms with Crippen LogP contribution in [0.4, 0.5) is 5.69 Å². The lowest BCUT2D eigenvalue weighted by Crippen LogP contribution is -2.28. The van der Waals surface area contributed by atoms with Gasteiger partial charge in [0.15, 0.2) is 0 Å². The van der Waals surface area contributed by atoms with Gasteiger partial charge in [-0.2, -0.15) is 0 Å². The number of hydrogen-bond acceptors (Lipinski definition) is 4. The molecule has 0 bridgehead atoms. The van der Waals surface area contributed by atoms with E-state index in [-0.39, 0.29) is 0 Å². The molecule has 0 amide bonds.